The molecule has 0 aromatic carbocycles. The number of hydrogen-bond donors (Lipinski definition) is 1. The van der Waals surface area contributed by atoms with Crippen molar-refractivity contribution in [3.05, 3.63) is 47.4 Å². The Hall–Kier alpha value is -1.75. The van der Waals surface area contributed by atoms with E-state index in [1.165, 1.54) is 0 Å². The van der Waals surface area contributed by atoms with Gasteiger partial charge in [-0.25, -0.2) is 9.37 Å². The third-order valence-electron chi connectivity index (χ3n) is 2.17. The van der Waals surface area contributed by atoms with Gasteiger partial charge in [-0.05, 0) is 35.7 Å². The summed E-state index contributed by atoms with van der Waals surface area (Å²) in [4.78, 5) is 11.2. The topological polar surface area (TPSA) is 50.7 Å². The van der Waals surface area contributed by atoms with Gasteiger partial charge in [0.25, 0.3) is 0 Å². The second-order valence-corrected chi connectivity index (χ2v) is 3.71. The molecule has 0 amide bonds. The fourth-order valence-corrected chi connectivity index (χ4v) is 1.48. The van der Waals surface area contributed by atoms with E-state index in [-0.39, 0.29) is 11.1 Å². The van der Waals surface area contributed by atoms with Crippen molar-refractivity contribution in [3.63, 3.8) is 0 Å². The molecule has 0 bridgehead atoms. The first-order valence-electron chi connectivity index (χ1n) is 5.06. The van der Waals surface area contributed by atoms with Gasteiger partial charge in [0.05, 0.1) is 6.20 Å². The van der Waals surface area contributed by atoms with Gasteiger partial charge >= 0.3 is 0 Å². The van der Waals surface area contributed by atoms with Crippen LogP contribution in [0.25, 0.3) is 0 Å². The maximum atomic E-state index is 13.2. The number of pyridine rings is 1. The second-order valence-electron chi connectivity index (χ2n) is 3.37. The first-order valence-corrected chi connectivity index (χ1v) is 5.44. The average Bonchev–Trinajstić information content (AvgIpc) is 2.35. The molecule has 4 nitrogen and oxygen atoms in total. The Bertz CT molecular complexity index is 492. The first kappa shape index (κ1) is 11.7. The Morgan fingerprint density at radius 1 is 1.29 bits per heavy atom. The molecule has 0 unspecified atom stereocenters. The summed E-state index contributed by atoms with van der Waals surface area (Å²) in [6.07, 6.45) is 5.24. The number of hydrogen-bond acceptors (Lipinski definition) is 4. The van der Waals surface area contributed by atoms with Gasteiger partial charge in [-0.2, -0.15) is 4.98 Å². The van der Waals surface area contributed by atoms with E-state index in [0.29, 0.717) is 6.54 Å². The van der Waals surface area contributed by atoms with Crippen molar-refractivity contribution in [3.8, 4) is 0 Å². The number of rotatable bonds is 4. The van der Waals surface area contributed by atoms with Gasteiger partial charge in [0, 0.05) is 18.9 Å². The summed E-state index contributed by atoms with van der Waals surface area (Å²) in [6, 6.07) is 3.82. The van der Waals surface area contributed by atoms with Crippen LogP contribution in [0, 0.1) is 5.82 Å². The Balaban J connectivity index is 1.92. The van der Waals surface area contributed by atoms with E-state index in [2.05, 4.69) is 20.3 Å². The maximum absolute atomic E-state index is 13.2. The SMILES string of the molecule is Fc1cnc(Cl)nc1NCCc1ccncc1. The highest BCUT2D eigenvalue weighted by Gasteiger charge is 2.04. The molecule has 0 saturated heterocycles. The average molecular weight is 253 g/mol. The van der Waals surface area contributed by atoms with E-state index in [1.54, 1.807) is 12.4 Å². The molecule has 2 rings (SSSR count). The number of aromatic nitrogens is 3. The summed E-state index contributed by atoms with van der Waals surface area (Å²) in [5, 5.41) is 2.90. The summed E-state index contributed by atoms with van der Waals surface area (Å²) < 4.78 is 13.2. The minimum atomic E-state index is -0.510. The molecule has 0 aliphatic carbocycles. The van der Waals surface area contributed by atoms with Crippen LogP contribution in [0.15, 0.2) is 30.7 Å². The molecule has 0 aliphatic heterocycles. The van der Waals surface area contributed by atoms with Crippen LogP contribution in [0.2, 0.25) is 5.28 Å². The highest BCUT2D eigenvalue weighted by atomic mass is 35.5. The minimum absolute atomic E-state index is 0.0258. The van der Waals surface area contributed by atoms with Gasteiger partial charge in [-0.3, -0.25) is 4.98 Å². The van der Waals surface area contributed by atoms with Crippen molar-refractivity contribution >= 4 is 17.4 Å². The highest BCUT2D eigenvalue weighted by Crippen LogP contribution is 2.11. The first-order chi connectivity index (χ1) is 8.25. The van der Waals surface area contributed by atoms with Crippen molar-refractivity contribution in [2.75, 3.05) is 11.9 Å². The molecule has 88 valence electrons. The van der Waals surface area contributed by atoms with E-state index < -0.39 is 5.82 Å². The summed E-state index contributed by atoms with van der Waals surface area (Å²) in [6.45, 7) is 0.564. The third kappa shape index (κ3) is 3.35. The van der Waals surface area contributed by atoms with Gasteiger partial charge < -0.3 is 5.32 Å². The second kappa shape index (κ2) is 5.54. The van der Waals surface area contributed by atoms with Crippen molar-refractivity contribution in [2.24, 2.45) is 0 Å². The van der Waals surface area contributed by atoms with Crippen LogP contribution in [0.4, 0.5) is 10.2 Å². The monoisotopic (exact) mass is 252 g/mol. The number of nitrogens with one attached hydrogen (secondary N) is 1. The van der Waals surface area contributed by atoms with Crippen LogP contribution < -0.4 is 5.32 Å². The Kier molecular flexibility index (Phi) is 3.82. The van der Waals surface area contributed by atoms with Gasteiger partial charge in [0.1, 0.15) is 0 Å². The van der Waals surface area contributed by atoms with Crippen molar-refractivity contribution < 1.29 is 4.39 Å². The van der Waals surface area contributed by atoms with Crippen LogP contribution in [0.5, 0.6) is 0 Å². The predicted octanol–water partition coefficient (Wildman–Crippen LogP) is 2.32. The maximum Gasteiger partial charge on any atom is 0.224 e. The fraction of sp³-hybridized carbons (Fsp3) is 0.182. The lowest BCUT2D eigenvalue weighted by molar-refractivity contribution is 0.616. The van der Waals surface area contributed by atoms with Crippen LogP contribution in [0.1, 0.15) is 5.56 Å². The molecule has 0 radical (unpaired) electrons. The van der Waals surface area contributed by atoms with Crippen LogP contribution in [-0.2, 0) is 6.42 Å². The van der Waals surface area contributed by atoms with Crippen LogP contribution in [-0.4, -0.2) is 21.5 Å². The Labute approximate surface area is 103 Å². The molecule has 17 heavy (non-hydrogen) atoms. The van der Waals surface area contributed by atoms with E-state index in [9.17, 15) is 4.39 Å². The molecule has 0 fully saturated rings. The molecule has 0 saturated carbocycles. The molecule has 2 heterocycles. The molecule has 0 atom stereocenters. The quantitative estimate of drug-likeness (QED) is 0.849. The largest absolute Gasteiger partial charge is 0.367 e. The summed E-state index contributed by atoms with van der Waals surface area (Å²) in [5.41, 5.74) is 1.12. The fourth-order valence-electron chi connectivity index (χ4n) is 1.34. The lowest BCUT2D eigenvalue weighted by Crippen LogP contribution is -2.08. The summed E-state index contributed by atoms with van der Waals surface area (Å²) >= 11 is 5.58. The lowest BCUT2D eigenvalue weighted by Gasteiger charge is -2.06. The smallest absolute Gasteiger partial charge is 0.224 e. The number of halogens is 2. The zero-order chi connectivity index (χ0) is 12.1. The molecular weight excluding hydrogens is 243 g/mol. The van der Waals surface area contributed by atoms with Gasteiger partial charge in [-0.15, -0.1) is 0 Å². The molecule has 6 heteroatoms. The lowest BCUT2D eigenvalue weighted by atomic mass is 10.2. The van der Waals surface area contributed by atoms with Crippen molar-refractivity contribution in [1.82, 2.24) is 15.0 Å². The Morgan fingerprint density at radius 2 is 2.06 bits per heavy atom. The van der Waals surface area contributed by atoms with E-state index >= 15 is 0 Å². The standard InChI is InChI=1S/C11H10ClFN4/c12-11-16-7-9(13)10(17-11)15-6-3-8-1-4-14-5-2-8/h1-2,4-5,7H,3,6H2,(H,15,16,17). The zero-order valence-corrected chi connectivity index (χ0v) is 9.65. The molecule has 1 N–H and O–H groups in total. The predicted molar refractivity (Wildman–Crippen MR) is 63.4 cm³/mol. The number of anilines is 1. The molecule has 2 aromatic heterocycles. The third-order valence-corrected chi connectivity index (χ3v) is 2.35. The normalized spacial score (nSPS) is 10.2. The van der Waals surface area contributed by atoms with Crippen LogP contribution >= 0.6 is 11.6 Å². The molecule has 2 aromatic rings. The van der Waals surface area contributed by atoms with Crippen LogP contribution in [0.3, 0.4) is 0 Å². The van der Waals surface area contributed by atoms with E-state index in [1.807, 2.05) is 12.1 Å². The van der Waals surface area contributed by atoms with E-state index in [0.717, 1.165) is 18.2 Å². The summed E-state index contributed by atoms with van der Waals surface area (Å²) in [5.74, 6) is -0.386. The Morgan fingerprint density at radius 3 is 2.82 bits per heavy atom. The van der Waals surface area contributed by atoms with Gasteiger partial charge in [0.2, 0.25) is 5.28 Å². The highest BCUT2D eigenvalue weighted by molar-refractivity contribution is 6.28. The van der Waals surface area contributed by atoms with Gasteiger partial charge in [-0.1, -0.05) is 0 Å². The summed E-state index contributed by atoms with van der Waals surface area (Å²) in [7, 11) is 0. The zero-order valence-electron chi connectivity index (χ0n) is 8.90. The molecule has 0 spiro atoms. The molecule has 0 aliphatic rings. The van der Waals surface area contributed by atoms with Crippen molar-refractivity contribution in [1.29, 1.82) is 0 Å². The van der Waals surface area contributed by atoms with Crippen molar-refractivity contribution in [2.45, 2.75) is 6.42 Å². The minimum Gasteiger partial charge on any atom is -0.367 e. The number of nitrogens with zero attached hydrogens (tertiary/aromatic N) is 3. The van der Waals surface area contributed by atoms with E-state index in [4.69, 9.17) is 11.6 Å². The van der Waals surface area contributed by atoms with Gasteiger partial charge in [0.15, 0.2) is 11.6 Å². The molecular formula is C11H10ClFN4.